The van der Waals surface area contributed by atoms with Gasteiger partial charge in [-0.05, 0) is 25.1 Å². The van der Waals surface area contributed by atoms with Gasteiger partial charge < -0.3 is 15.2 Å². The molecule has 0 fully saturated rings. The van der Waals surface area contributed by atoms with Gasteiger partial charge in [-0.1, -0.05) is 23.7 Å². The van der Waals surface area contributed by atoms with Gasteiger partial charge in [-0.3, -0.25) is 4.79 Å². The minimum absolute atomic E-state index is 0.235. The summed E-state index contributed by atoms with van der Waals surface area (Å²) in [5, 5.41) is 9.76. The van der Waals surface area contributed by atoms with Gasteiger partial charge >= 0.3 is 0 Å². The van der Waals surface area contributed by atoms with E-state index < -0.39 is 0 Å². The number of halogens is 1. The Morgan fingerprint density at radius 3 is 2.95 bits per heavy atom. The van der Waals surface area contributed by atoms with E-state index in [1.165, 1.54) is 11.3 Å². The summed E-state index contributed by atoms with van der Waals surface area (Å²) in [7, 11) is 0. The van der Waals surface area contributed by atoms with E-state index in [-0.39, 0.29) is 11.6 Å². The molecule has 0 bridgehead atoms. The molecule has 2 N–H and O–H groups in total. The molecule has 0 saturated carbocycles. The third-order valence-electron chi connectivity index (χ3n) is 2.57. The van der Waals surface area contributed by atoms with Crippen molar-refractivity contribution in [3.05, 3.63) is 28.2 Å². The van der Waals surface area contributed by atoms with E-state index in [1.54, 1.807) is 12.1 Å². The molecular formula is C13H16ClN3O2S. The third kappa shape index (κ3) is 4.06. The van der Waals surface area contributed by atoms with Crippen LogP contribution in [-0.4, -0.2) is 30.7 Å². The van der Waals surface area contributed by atoms with Crippen molar-refractivity contribution in [2.75, 3.05) is 19.6 Å². The fourth-order valence-electron chi connectivity index (χ4n) is 1.60. The number of nitrogens with zero attached hydrogens (tertiary/aromatic N) is 1. The monoisotopic (exact) mass is 313 g/mol. The molecule has 0 aliphatic heterocycles. The average Bonchev–Trinajstić information content (AvgIpc) is 3.06. The Kier molecular flexibility index (Phi) is 5.58. The summed E-state index contributed by atoms with van der Waals surface area (Å²) in [5.74, 6) is 0.317. The van der Waals surface area contributed by atoms with Gasteiger partial charge in [0.2, 0.25) is 0 Å². The van der Waals surface area contributed by atoms with Gasteiger partial charge in [0.05, 0.1) is 9.21 Å². The second-order valence-electron chi connectivity index (χ2n) is 4.19. The Bertz CT molecular complexity index is 567. The number of carbonyl (C=O) groups is 1. The molecule has 2 aromatic rings. The Balaban J connectivity index is 1.87. The number of nitrogens with one attached hydrogen (secondary N) is 2. The van der Waals surface area contributed by atoms with Gasteiger partial charge in [0.25, 0.3) is 5.91 Å². The first-order valence-electron chi connectivity index (χ1n) is 6.42. The van der Waals surface area contributed by atoms with E-state index in [4.69, 9.17) is 16.1 Å². The molecule has 0 aliphatic carbocycles. The van der Waals surface area contributed by atoms with Crippen LogP contribution in [-0.2, 0) is 0 Å². The van der Waals surface area contributed by atoms with E-state index in [9.17, 15) is 4.79 Å². The second-order valence-corrected chi connectivity index (χ2v) is 5.90. The first-order chi connectivity index (χ1) is 9.70. The fourth-order valence-corrected chi connectivity index (χ4v) is 2.59. The smallest absolute Gasteiger partial charge is 0.273 e. The van der Waals surface area contributed by atoms with Crippen LogP contribution in [0, 0.1) is 0 Å². The van der Waals surface area contributed by atoms with Crippen LogP contribution in [0.25, 0.3) is 10.6 Å². The molecule has 0 aromatic carbocycles. The maximum absolute atomic E-state index is 11.8. The average molecular weight is 314 g/mol. The van der Waals surface area contributed by atoms with Crippen LogP contribution in [0.15, 0.2) is 22.7 Å². The molecule has 0 spiro atoms. The maximum Gasteiger partial charge on any atom is 0.273 e. The van der Waals surface area contributed by atoms with Crippen LogP contribution in [0.1, 0.15) is 23.8 Å². The fraction of sp³-hybridized carbons (Fsp3) is 0.385. The SMILES string of the molecule is CCCNCCNC(=O)c1cc(-c2ccc(Cl)s2)on1. The zero-order valence-electron chi connectivity index (χ0n) is 11.1. The van der Waals surface area contributed by atoms with E-state index in [1.807, 2.05) is 6.07 Å². The molecular weight excluding hydrogens is 298 g/mol. The predicted octanol–water partition coefficient (Wildman–Crippen LogP) is 2.79. The van der Waals surface area contributed by atoms with Crippen molar-refractivity contribution in [1.29, 1.82) is 0 Å². The number of rotatable bonds is 7. The first kappa shape index (κ1) is 15.0. The van der Waals surface area contributed by atoms with Crippen molar-refractivity contribution in [2.45, 2.75) is 13.3 Å². The van der Waals surface area contributed by atoms with Gasteiger partial charge in [-0.15, -0.1) is 11.3 Å². The number of amides is 1. The maximum atomic E-state index is 11.8. The van der Waals surface area contributed by atoms with Crippen LogP contribution >= 0.6 is 22.9 Å². The Morgan fingerprint density at radius 1 is 1.40 bits per heavy atom. The molecule has 7 heteroatoms. The Labute approximate surface area is 126 Å². The minimum Gasteiger partial charge on any atom is -0.355 e. The van der Waals surface area contributed by atoms with E-state index in [0.29, 0.717) is 16.6 Å². The second kappa shape index (κ2) is 7.42. The van der Waals surface area contributed by atoms with E-state index in [0.717, 1.165) is 24.4 Å². The molecule has 0 aliphatic rings. The largest absolute Gasteiger partial charge is 0.355 e. The molecule has 0 radical (unpaired) electrons. The summed E-state index contributed by atoms with van der Waals surface area (Å²) in [6, 6.07) is 5.24. The third-order valence-corrected chi connectivity index (χ3v) is 3.82. The highest BCUT2D eigenvalue weighted by atomic mass is 35.5. The lowest BCUT2D eigenvalue weighted by atomic mass is 10.3. The van der Waals surface area contributed by atoms with E-state index >= 15 is 0 Å². The molecule has 1 amide bonds. The molecule has 0 unspecified atom stereocenters. The zero-order valence-corrected chi connectivity index (χ0v) is 12.7. The molecule has 108 valence electrons. The van der Waals surface area contributed by atoms with Gasteiger partial charge in [-0.2, -0.15) is 0 Å². The van der Waals surface area contributed by atoms with Crippen molar-refractivity contribution < 1.29 is 9.32 Å². The molecule has 2 heterocycles. The lowest BCUT2D eigenvalue weighted by Crippen LogP contribution is -2.32. The Morgan fingerprint density at radius 2 is 2.25 bits per heavy atom. The summed E-state index contributed by atoms with van der Waals surface area (Å²) in [6.45, 7) is 4.35. The number of carbonyl (C=O) groups excluding carboxylic acids is 1. The lowest BCUT2D eigenvalue weighted by Gasteiger charge is -2.03. The van der Waals surface area contributed by atoms with E-state index in [2.05, 4.69) is 22.7 Å². The van der Waals surface area contributed by atoms with Crippen molar-refractivity contribution in [1.82, 2.24) is 15.8 Å². The molecule has 2 aromatic heterocycles. The van der Waals surface area contributed by atoms with Crippen molar-refractivity contribution >= 4 is 28.8 Å². The summed E-state index contributed by atoms with van der Waals surface area (Å²) < 4.78 is 5.83. The standard InChI is InChI=1S/C13H16ClN3O2S/c1-2-5-15-6-7-16-13(18)9-8-10(19-17-9)11-3-4-12(14)20-11/h3-4,8,15H,2,5-7H2,1H3,(H,16,18). The van der Waals surface area contributed by atoms with Crippen molar-refractivity contribution in [2.24, 2.45) is 0 Å². The number of thiophene rings is 1. The molecule has 0 atom stereocenters. The van der Waals surface area contributed by atoms with Crippen LogP contribution in [0.5, 0.6) is 0 Å². The normalized spacial score (nSPS) is 10.7. The van der Waals surface area contributed by atoms with Gasteiger partial charge in [0.1, 0.15) is 0 Å². The highest BCUT2D eigenvalue weighted by Crippen LogP contribution is 2.31. The topological polar surface area (TPSA) is 67.2 Å². The highest BCUT2D eigenvalue weighted by Gasteiger charge is 2.14. The number of hydrogen-bond donors (Lipinski definition) is 2. The van der Waals surface area contributed by atoms with Crippen molar-refractivity contribution in [3.8, 4) is 10.6 Å². The molecule has 0 saturated heterocycles. The number of aromatic nitrogens is 1. The summed E-state index contributed by atoms with van der Waals surface area (Å²) >= 11 is 7.24. The zero-order chi connectivity index (χ0) is 14.4. The highest BCUT2D eigenvalue weighted by molar-refractivity contribution is 7.19. The van der Waals surface area contributed by atoms with Gasteiger partial charge in [-0.25, -0.2) is 0 Å². The molecule has 20 heavy (non-hydrogen) atoms. The van der Waals surface area contributed by atoms with Gasteiger partial charge in [0.15, 0.2) is 11.5 Å². The molecule has 5 nitrogen and oxygen atoms in total. The van der Waals surface area contributed by atoms with Crippen LogP contribution in [0.3, 0.4) is 0 Å². The quantitative estimate of drug-likeness (QED) is 0.771. The first-order valence-corrected chi connectivity index (χ1v) is 7.61. The number of hydrogen-bond acceptors (Lipinski definition) is 5. The summed E-state index contributed by atoms with van der Waals surface area (Å²) in [6.07, 6.45) is 1.07. The van der Waals surface area contributed by atoms with Crippen molar-refractivity contribution in [3.63, 3.8) is 0 Å². The Hall–Kier alpha value is -1.37. The van der Waals surface area contributed by atoms with Crippen LogP contribution in [0.4, 0.5) is 0 Å². The predicted molar refractivity (Wildman–Crippen MR) is 80.3 cm³/mol. The van der Waals surface area contributed by atoms with Gasteiger partial charge in [0, 0.05) is 19.2 Å². The van der Waals surface area contributed by atoms with Crippen LogP contribution < -0.4 is 10.6 Å². The lowest BCUT2D eigenvalue weighted by molar-refractivity contribution is 0.0945. The summed E-state index contributed by atoms with van der Waals surface area (Å²) in [5.41, 5.74) is 0.278. The van der Waals surface area contributed by atoms with Crippen LogP contribution in [0.2, 0.25) is 4.34 Å². The summed E-state index contributed by atoms with van der Waals surface area (Å²) in [4.78, 5) is 12.7. The molecule has 2 rings (SSSR count). The minimum atomic E-state index is -0.235.